The number of halogens is 2. The van der Waals surface area contributed by atoms with Crippen LogP contribution < -0.4 is 5.32 Å². The Morgan fingerprint density at radius 1 is 1.22 bits per heavy atom. The minimum absolute atomic E-state index is 0.0851. The molecule has 1 aromatic carbocycles. The molecule has 2 aliphatic rings. The van der Waals surface area contributed by atoms with Crippen molar-refractivity contribution in [2.24, 2.45) is 11.3 Å². The summed E-state index contributed by atoms with van der Waals surface area (Å²) in [5.74, 6) is -0.0313. The standard InChI is InChI=1S/C25H29F2N5O3S/c1-25(24(26)27)10-7-19-20(13-25)30-31-21(19)23(33)29-18-14-28-32(15-18)22(16-5-3-2-4-6-16)17-8-11-36(34,35)12-9-17/h2-6,14-15,17,22,24H,7-13H2,1H3,(H,29,33)(H,30,31). The van der Waals surface area contributed by atoms with Crippen molar-refractivity contribution in [3.63, 3.8) is 0 Å². The molecule has 2 unspecified atom stereocenters. The van der Waals surface area contributed by atoms with Crippen LogP contribution >= 0.6 is 0 Å². The third-order valence-electron chi connectivity index (χ3n) is 7.55. The molecule has 0 saturated carbocycles. The molecular weight excluding hydrogens is 488 g/mol. The molecule has 1 aliphatic heterocycles. The predicted octanol–water partition coefficient (Wildman–Crippen LogP) is 4.03. The first-order valence-corrected chi connectivity index (χ1v) is 13.9. The molecule has 0 bridgehead atoms. The molecule has 5 rings (SSSR count). The summed E-state index contributed by atoms with van der Waals surface area (Å²) in [5.41, 5.74) is 1.86. The molecule has 0 radical (unpaired) electrons. The van der Waals surface area contributed by atoms with Gasteiger partial charge in [0.25, 0.3) is 5.91 Å². The highest BCUT2D eigenvalue weighted by Crippen LogP contribution is 2.40. The molecule has 2 N–H and O–H groups in total. The lowest BCUT2D eigenvalue weighted by Crippen LogP contribution is -2.33. The summed E-state index contributed by atoms with van der Waals surface area (Å²) in [7, 11) is -3.01. The number of benzene rings is 1. The molecule has 8 nitrogen and oxygen atoms in total. The maximum absolute atomic E-state index is 13.5. The quantitative estimate of drug-likeness (QED) is 0.513. The molecule has 11 heteroatoms. The minimum atomic E-state index is -3.01. The molecule has 2 aromatic heterocycles. The molecule has 192 valence electrons. The smallest absolute Gasteiger partial charge is 0.276 e. The van der Waals surface area contributed by atoms with E-state index < -0.39 is 27.6 Å². The summed E-state index contributed by atoms with van der Waals surface area (Å²) < 4.78 is 52.7. The monoisotopic (exact) mass is 517 g/mol. The normalized spacial score (nSPS) is 22.8. The van der Waals surface area contributed by atoms with Crippen LogP contribution in [-0.2, 0) is 22.7 Å². The number of alkyl halides is 2. The Labute approximate surface area is 208 Å². The van der Waals surface area contributed by atoms with Crippen molar-refractivity contribution < 1.29 is 22.0 Å². The van der Waals surface area contributed by atoms with E-state index in [0.717, 1.165) is 5.56 Å². The number of rotatable bonds is 6. The average molecular weight is 518 g/mol. The first-order chi connectivity index (χ1) is 17.2. The molecule has 1 aliphatic carbocycles. The average Bonchev–Trinajstić information content (AvgIpc) is 3.47. The second-order valence-electron chi connectivity index (χ2n) is 10.2. The number of carbonyl (C=O) groups is 1. The van der Waals surface area contributed by atoms with E-state index >= 15 is 0 Å². The number of aromatic nitrogens is 4. The van der Waals surface area contributed by atoms with E-state index in [4.69, 9.17) is 0 Å². The fourth-order valence-electron chi connectivity index (χ4n) is 5.35. The van der Waals surface area contributed by atoms with Gasteiger partial charge in [0.15, 0.2) is 5.69 Å². The van der Waals surface area contributed by atoms with Crippen molar-refractivity contribution in [2.75, 3.05) is 16.8 Å². The highest BCUT2D eigenvalue weighted by atomic mass is 32.2. The van der Waals surface area contributed by atoms with Gasteiger partial charge in [-0.3, -0.25) is 14.6 Å². The summed E-state index contributed by atoms with van der Waals surface area (Å²) in [6.07, 6.45) is 2.72. The number of hydrogen-bond donors (Lipinski definition) is 2. The lowest BCUT2D eigenvalue weighted by molar-refractivity contribution is -0.00291. The van der Waals surface area contributed by atoms with Crippen molar-refractivity contribution in [2.45, 2.75) is 51.5 Å². The number of sulfone groups is 1. The molecule has 1 fully saturated rings. The Balaban J connectivity index is 1.35. The van der Waals surface area contributed by atoms with E-state index in [1.54, 1.807) is 24.0 Å². The van der Waals surface area contributed by atoms with Gasteiger partial charge in [-0.15, -0.1) is 0 Å². The van der Waals surface area contributed by atoms with E-state index in [9.17, 15) is 22.0 Å². The Morgan fingerprint density at radius 2 is 1.94 bits per heavy atom. The van der Waals surface area contributed by atoms with Gasteiger partial charge in [0.2, 0.25) is 6.43 Å². The van der Waals surface area contributed by atoms with Crippen LogP contribution in [0.1, 0.15) is 59.5 Å². The second kappa shape index (κ2) is 9.42. The molecule has 2 atom stereocenters. The molecule has 36 heavy (non-hydrogen) atoms. The second-order valence-corrected chi connectivity index (χ2v) is 12.5. The van der Waals surface area contributed by atoms with E-state index in [1.165, 1.54) is 0 Å². The van der Waals surface area contributed by atoms with Crippen molar-refractivity contribution >= 4 is 21.4 Å². The van der Waals surface area contributed by atoms with Crippen molar-refractivity contribution in [1.82, 2.24) is 20.0 Å². The molecule has 3 aromatic rings. The number of amides is 1. The SMILES string of the molecule is CC1(C(F)F)CCc2c(C(=O)Nc3cnn(C(c4ccccc4)C4CCS(=O)(=O)CC4)c3)n[nH]c2C1. The summed E-state index contributed by atoms with van der Waals surface area (Å²) >= 11 is 0. The maximum Gasteiger partial charge on any atom is 0.276 e. The number of hydrogen-bond acceptors (Lipinski definition) is 5. The molecular formula is C25H29F2N5O3S. The van der Waals surface area contributed by atoms with Crippen molar-refractivity contribution in [1.29, 1.82) is 0 Å². The van der Waals surface area contributed by atoms with Gasteiger partial charge < -0.3 is 5.32 Å². The van der Waals surface area contributed by atoms with E-state index in [2.05, 4.69) is 20.6 Å². The number of anilines is 1. The van der Waals surface area contributed by atoms with Gasteiger partial charge in [-0.05, 0) is 37.2 Å². The Bertz CT molecular complexity index is 1340. The molecule has 1 saturated heterocycles. The zero-order chi connectivity index (χ0) is 25.5. The predicted molar refractivity (Wildman–Crippen MR) is 131 cm³/mol. The van der Waals surface area contributed by atoms with Crippen molar-refractivity contribution in [3.05, 3.63) is 65.2 Å². The van der Waals surface area contributed by atoms with Crippen LogP contribution in [0.5, 0.6) is 0 Å². The Kier molecular flexibility index (Phi) is 6.44. The first kappa shape index (κ1) is 24.6. The Morgan fingerprint density at radius 3 is 2.64 bits per heavy atom. The Hall–Kier alpha value is -3.08. The van der Waals surface area contributed by atoms with Crippen LogP contribution in [0.3, 0.4) is 0 Å². The lowest BCUT2D eigenvalue weighted by atomic mass is 9.75. The third kappa shape index (κ3) is 4.80. The van der Waals surface area contributed by atoms with Crippen LogP contribution in [0, 0.1) is 11.3 Å². The largest absolute Gasteiger partial charge is 0.318 e. The lowest BCUT2D eigenvalue weighted by Gasteiger charge is -2.32. The number of carbonyl (C=O) groups excluding carboxylic acids is 1. The van der Waals surface area contributed by atoms with Crippen LogP contribution in [-0.4, -0.2) is 52.2 Å². The van der Waals surface area contributed by atoms with Crippen LogP contribution in [0.2, 0.25) is 0 Å². The van der Waals surface area contributed by atoms with E-state index in [-0.39, 0.29) is 42.0 Å². The fourth-order valence-corrected chi connectivity index (χ4v) is 6.88. The summed E-state index contributed by atoms with van der Waals surface area (Å²) in [6, 6.07) is 9.63. The van der Waals surface area contributed by atoms with Crippen LogP contribution in [0.25, 0.3) is 0 Å². The van der Waals surface area contributed by atoms with E-state index in [1.807, 2.05) is 30.3 Å². The maximum atomic E-state index is 13.5. The van der Waals surface area contributed by atoms with Gasteiger partial charge in [-0.25, -0.2) is 17.2 Å². The summed E-state index contributed by atoms with van der Waals surface area (Å²) in [6.45, 7) is 1.56. The zero-order valence-corrected chi connectivity index (χ0v) is 20.8. The van der Waals surface area contributed by atoms with E-state index in [0.29, 0.717) is 36.2 Å². The first-order valence-electron chi connectivity index (χ1n) is 12.1. The zero-order valence-electron chi connectivity index (χ0n) is 20.0. The molecule has 1 amide bonds. The van der Waals surface area contributed by atoms with Gasteiger partial charge in [0.05, 0.1) is 29.4 Å². The summed E-state index contributed by atoms with van der Waals surface area (Å²) in [4.78, 5) is 13.0. The number of nitrogens with one attached hydrogen (secondary N) is 2. The fraction of sp³-hybridized carbons (Fsp3) is 0.480. The van der Waals surface area contributed by atoms with Crippen molar-refractivity contribution in [3.8, 4) is 0 Å². The molecule has 3 heterocycles. The number of nitrogens with zero attached hydrogens (tertiary/aromatic N) is 3. The van der Waals surface area contributed by atoms with Gasteiger partial charge in [-0.1, -0.05) is 37.3 Å². The highest BCUT2D eigenvalue weighted by Gasteiger charge is 2.40. The minimum Gasteiger partial charge on any atom is -0.318 e. The topological polar surface area (TPSA) is 110 Å². The highest BCUT2D eigenvalue weighted by molar-refractivity contribution is 7.91. The summed E-state index contributed by atoms with van der Waals surface area (Å²) in [5, 5.41) is 14.3. The number of fused-ring (bicyclic) bond motifs is 1. The van der Waals surface area contributed by atoms with Crippen LogP contribution in [0.15, 0.2) is 42.7 Å². The van der Waals surface area contributed by atoms with Crippen LogP contribution in [0.4, 0.5) is 14.5 Å². The van der Waals surface area contributed by atoms with Gasteiger partial charge in [0, 0.05) is 29.3 Å². The third-order valence-corrected chi connectivity index (χ3v) is 9.27. The molecule has 0 spiro atoms. The van der Waals surface area contributed by atoms with Gasteiger partial charge >= 0.3 is 0 Å². The van der Waals surface area contributed by atoms with Gasteiger partial charge in [0.1, 0.15) is 9.84 Å². The van der Waals surface area contributed by atoms with Gasteiger partial charge in [-0.2, -0.15) is 10.2 Å². The number of aromatic amines is 1. The number of H-pyrrole nitrogens is 1.